The SMILES string of the molecule is C=C(C)C1CC[CH]C1(C)C. The van der Waals surface area contributed by atoms with Gasteiger partial charge in [0.05, 0.1) is 0 Å². The first-order valence-electron chi connectivity index (χ1n) is 4.04. The van der Waals surface area contributed by atoms with E-state index in [9.17, 15) is 0 Å². The topological polar surface area (TPSA) is 0 Å². The van der Waals surface area contributed by atoms with Gasteiger partial charge in [-0.3, -0.25) is 0 Å². The third-order valence-corrected chi connectivity index (χ3v) is 2.62. The molecule has 1 aliphatic rings. The van der Waals surface area contributed by atoms with Crippen molar-refractivity contribution in [1.29, 1.82) is 0 Å². The molecule has 57 valence electrons. The molecule has 0 nitrogen and oxygen atoms in total. The maximum absolute atomic E-state index is 4.01. The van der Waals surface area contributed by atoms with Crippen molar-refractivity contribution in [2.45, 2.75) is 33.6 Å². The third kappa shape index (κ3) is 1.25. The molecular weight excluding hydrogens is 120 g/mol. The lowest BCUT2D eigenvalue weighted by atomic mass is 9.78. The van der Waals surface area contributed by atoms with Crippen LogP contribution in [-0.2, 0) is 0 Å². The quantitative estimate of drug-likeness (QED) is 0.487. The summed E-state index contributed by atoms with van der Waals surface area (Å²) >= 11 is 0. The van der Waals surface area contributed by atoms with E-state index in [-0.39, 0.29) is 0 Å². The Morgan fingerprint density at radius 3 is 2.40 bits per heavy atom. The first-order valence-corrected chi connectivity index (χ1v) is 4.04. The lowest BCUT2D eigenvalue weighted by Gasteiger charge is -2.26. The second-order valence-electron chi connectivity index (χ2n) is 4.00. The number of hydrogen-bond donors (Lipinski definition) is 0. The van der Waals surface area contributed by atoms with Gasteiger partial charge in [0.1, 0.15) is 0 Å². The Morgan fingerprint density at radius 1 is 1.60 bits per heavy atom. The van der Waals surface area contributed by atoms with Crippen LogP contribution >= 0.6 is 0 Å². The van der Waals surface area contributed by atoms with E-state index in [4.69, 9.17) is 0 Å². The van der Waals surface area contributed by atoms with Gasteiger partial charge in [0.15, 0.2) is 0 Å². The van der Waals surface area contributed by atoms with E-state index < -0.39 is 0 Å². The Labute approximate surface area is 64.3 Å². The van der Waals surface area contributed by atoms with Crippen LogP contribution in [0.15, 0.2) is 12.2 Å². The normalized spacial score (nSPS) is 30.5. The molecule has 0 heteroatoms. The number of hydrogen-bond acceptors (Lipinski definition) is 0. The minimum Gasteiger partial charge on any atom is -0.0998 e. The Morgan fingerprint density at radius 2 is 2.20 bits per heavy atom. The van der Waals surface area contributed by atoms with Crippen LogP contribution in [0.4, 0.5) is 0 Å². The molecule has 0 aromatic heterocycles. The third-order valence-electron chi connectivity index (χ3n) is 2.62. The highest BCUT2D eigenvalue weighted by Crippen LogP contribution is 2.44. The predicted molar refractivity (Wildman–Crippen MR) is 45.6 cm³/mol. The Bertz CT molecular complexity index is 142. The Balaban J connectivity index is 2.68. The molecule has 1 rings (SSSR count). The fourth-order valence-electron chi connectivity index (χ4n) is 2.02. The van der Waals surface area contributed by atoms with Crippen molar-refractivity contribution >= 4 is 0 Å². The van der Waals surface area contributed by atoms with Gasteiger partial charge < -0.3 is 0 Å². The molecule has 0 N–H and O–H groups in total. The minimum atomic E-state index is 0.409. The van der Waals surface area contributed by atoms with Crippen molar-refractivity contribution in [3.8, 4) is 0 Å². The second kappa shape index (κ2) is 2.41. The molecule has 0 heterocycles. The van der Waals surface area contributed by atoms with E-state index in [1.54, 1.807) is 0 Å². The molecule has 1 unspecified atom stereocenters. The Kier molecular flexibility index (Phi) is 1.89. The van der Waals surface area contributed by atoms with Crippen molar-refractivity contribution in [3.63, 3.8) is 0 Å². The minimum absolute atomic E-state index is 0.409. The summed E-state index contributed by atoms with van der Waals surface area (Å²) in [6.45, 7) is 10.8. The van der Waals surface area contributed by atoms with Gasteiger partial charge in [-0.15, -0.1) is 0 Å². The monoisotopic (exact) mass is 137 g/mol. The molecule has 1 aliphatic carbocycles. The summed E-state index contributed by atoms with van der Waals surface area (Å²) in [6, 6.07) is 0. The van der Waals surface area contributed by atoms with Gasteiger partial charge in [-0.1, -0.05) is 26.0 Å². The molecule has 0 aliphatic heterocycles. The van der Waals surface area contributed by atoms with E-state index in [0.29, 0.717) is 5.41 Å². The highest BCUT2D eigenvalue weighted by molar-refractivity contribution is 5.11. The van der Waals surface area contributed by atoms with Crippen LogP contribution in [0.5, 0.6) is 0 Å². The van der Waals surface area contributed by atoms with Crippen molar-refractivity contribution in [2.24, 2.45) is 11.3 Å². The van der Waals surface area contributed by atoms with Crippen LogP contribution in [-0.4, -0.2) is 0 Å². The fraction of sp³-hybridized carbons (Fsp3) is 0.700. The maximum atomic E-state index is 4.01. The van der Waals surface area contributed by atoms with Gasteiger partial charge in [-0.2, -0.15) is 0 Å². The van der Waals surface area contributed by atoms with Crippen LogP contribution in [0, 0.1) is 17.8 Å². The molecular formula is C10H17. The van der Waals surface area contributed by atoms with Gasteiger partial charge in [-0.05, 0) is 37.5 Å². The van der Waals surface area contributed by atoms with E-state index in [0.717, 1.165) is 5.92 Å². The summed E-state index contributed by atoms with van der Waals surface area (Å²) in [5.74, 6) is 0.729. The molecule has 0 saturated heterocycles. The molecule has 0 amide bonds. The zero-order valence-corrected chi connectivity index (χ0v) is 7.28. The van der Waals surface area contributed by atoms with Gasteiger partial charge in [0.2, 0.25) is 0 Å². The number of rotatable bonds is 1. The first-order chi connectivity index (χ1) is 4.54. The summed E-state index contributed by atoms with van der Waals surface area (Å²) in [7, 11) is 0. The second-order valence-corrected chi connectivity index (χ2v) is 4.00. The zero-order valence-electron chi connectivity index (χ0n) is 7.28. The number of allylic oxidation sites excluding steroid dienone is 1. The van der Waals surface area contributed by atoms with Gasteiger partial charge in [-0.25, -0.2) is 0 Å². The molecule has 0 bridgehead atoms. The lowest BCUT2D eigenvalue weighted by molar-refractivity contribution is 0.348. The van der Waals surface area contributed by atoms with Crippen LogP contribution in [0.1, 0.15) is 33.6 Å². The van der Waals surface area contributed by atoms with E-state index >= 15 is 0 Å². The largest absolute Gasteiger partial charge is 0.0998 e. The van der Waals surface area contributed by atoms with Gasteiger partial charge >= 0.3 is 0 Å². The molecule has 10 heavy (non-hydrogen) atoms. The predicted octanol–water partition coefficient (Wildman–Crippen LogP) is 3.20. The summed E-state index contributed by atoms with van der Waals surface area (Å²) in [6.07, 6.45) is 5.00. The van der Waals surface area contributed by atoms with Crippen LogP contribution in [0.25, 0.3) is 0 Å². The lowest BCUT2D eigenvalue weighted by Crippen LogP contribution is -2.17. The average molecular weight is 137 g/mol. The Hall–Kier alpha value is -0.260. The van der Waals surface area contributed by atoms with E-state index in [2.05, 4.69) is 33.8 Å². The molecule has 0 aromatic rings. The molecule has 1 fully saturated rings. The van der Waals surface area contributed by atoms with Crippen LogP contribution in [0.3, 0.4) is 0 Å². The zero-order chi connectivity index (χ0) is 7.78. The van der Waals surface area contributed by atoms with Gasteiger partial charge in [0.25, 0.3) is 0 Å². The highest BCUT2D eigenvalue weighted by Gasteiger charge is 2.34. The van der Waals surface area contributed by atoms with E-state index in [1.165, 1.54) is 18.4 Å². The van der Waals surface area contributed by atoms with Crippen LogP contribution < -0.4 is 0 Å². The molecule has 0 aromatic carbocycles. The fourth-order valence-corrected chi connectivity index (χ4v) is 2.02. The maximum Gasteiger partial charge on any atom is -0.0154 e. The van der Waals surface area contributed by atoms with E-state index in [1.807, 2.05) is 0 Å². The van der Waals surface area contributed by atoms with Crippen molar-refractivity contribution < 1.29 is 0 Å². The first kappa shape index (κ1) is 7.84. The summed E-state index contributed by atoms with van der Waals surface area (Å²) in [5, 5.41) is 0. The average Bonchev–Trinajstić information content (AvgIpc) is 2.08. The molecule has 1 saturated carbocycles. The highest BCUT2D eigenvalue weighted by atomic mass is 14.4. The van der Waals surface area contributed by atoms with Gasteiger partial charge in [0, 0.05) is 0 Å². The summed E-state index contributed by atoms with van der Waals surface area (Å²) in [5.41, 5.74) is 1.75. The van der Waals surface area contributed by atoms with Crippen molar-refractivity contribution in [2.75, 3.05) is 0 Å². The van der Waals surface area contributed by atoms with Crippen molar-refractivity contribution in [1.82, 2.24) is 0 Å². The molecule has 1 atom stereocenters. The molecule has 0 spiro atoms. The van der Waals surface area contributed by atoms with Crippen LogP contribution in [0.2, 0.25) is 0 Å². The molecule has 1 radical (unpaired) electrons. The summed E-state index contributed by atoms with van der Waals surface area (Å²) in [4.78, 5) is 0. The smallest absolute Gasteiger partial charge is 0.0154 e. The summed E-state index contributed by atoms with van der Waals surface area (Å²) < 4.78 is 0. The van der Waals surface area contributed by atoms with Crippen molar-refractivity contribution in [3.05, 3.63) is 18.6 Å². The standard InChI is InChI=1S/C10H17/c1-8(2)9-6-5-7-10(9,3)4/h7,9H,1,5-6H2,2-4H3.